The van der Waals surface area contributed by atoms with Crippen molar-refractivity contribution in [3.05, 3.63) is 85.2 Å². The Hall–Kier alpha value is -2.63. The third kappa shape index (κ3) is 5.17. The van der Waals surface area contributed by atoms with Gasteiger partial charge in [-0.25, -0.2) is 4.98 Å². The van der Waals surface area contributed by atoms with Gasteiger partial charge in [0, 0.05) is 32.3 Å². The van der Waals surface area contributed by atoms with Gasteiger partial charge in [-0.05, 0) is 79.5 Å². The molecule has 1 saturated heterocycles. The molecule has 2 aromatic heterocycles. The van der Waals surface area contributed by atoms with E-state index in [1.54, 1.807) is 11.3 Å². The molecule has 0 saturated carbocycles. The lowest BCUT2D eigenvalue weighted by atomic mass is 9.94. The molecule has 1 fully saturated rings. The zero-order chi connectivity index (χ0) is 24.6. The lowest BCUT2D eigenvalue weighted by Crippen LogP contribution is -2.35. The molecule has 4 aromatic rings. The number of halogens is 1. The lowest BCUT2D eigenvalue weighted by molar-refractivity contribution is 0.0735. The minimum atomic E-state index is -0.818. The molecule has 0 spiro atoms. The van der Waals surface area contributed by atoms with Gasteiger partial charge in [0.2, 0.25) is 11.8 Å². The van der Waals surface area contributed by atoms with Gasteiger partial charge < -0.3 is 15.1 Å². The SMILES string of the molecule is Cc1csc([C@H]2CCCN2C(=O)c2cc(I)cc(-c3nnc(C(C)(N)Cc4ccccc4)o3)c2)n1. The molecule has 180 valence electrons. The summed E-state index contributed by atoms with van der Waals surface area (Å²) >= 11 is 3.84. The molecular formula is C26H26IN5O2S. The predicted molar refractivity (Wildman–Crippen MR) is 144 cm³/mol. The van der Waals surface area contributed by atoms with Crippen molar-refractivity contribution in [1.82, 2.24) is 20.1 Å². The molecule has 2 N–H and O–H groups in total. The second kappa shape index (κ2) is 9.79. The zero-order valence-corrected chi connectivity index (χ0v) is 22.5. The van der Waals surface area contributed by atoms with Gasteiger partial charge in [-0.3, -0.25) is 4.79 Å². The predicted octanol–water partition coefficient (Wildman–Crippen LogP) is 5.50. The van der Waals surface area contributed by atoms with E-state index >= 15 is 0 Å². The number of nitrogens with two attached hydrogens (primary N) is 1. The molecule has 1 amide bonds. The van der Waals surface area contributed by atoms with E-state index < -0.39 is 5.54 Å². The van der Waals surface area contributed by atoms with Crippen LogP contribution in [0, 0.1) is 10.5 Å². The number of carbonyl (C=O) groups excluding carboxylic acids is 1. The van der Waals surface area contributed by atoms with Crippen molar-refractivity contribution in [2.75, 3.05) is 6.54 Å². The maximum absolute atomic E-state index is 13.6. The summed E-state index contributed by atoms with van der Waals surface area (Å²) < 4.78 is 6.95. The highest BCUT2D eigenvalue weighted by Gasteiger charge is 2.33. The van der Waals surface area contributed by atoms with Crippen LogP contribution in [-0.4, -0.2) is 32.5 Å². The van der Waals surface area contributed by atoms with Crippen molar-refractivity contribution < 1.29 is 9.21 Å². The third-order valence-corrected chi connectivity index (χ3v) is 7.84. The van der Waals surface area contributed by atoms with Crippen molar-refractivity contribution in [2.24, 2.45) is 5.73 Å². The van der Waals surface area contributed by atoms with Crippen LogP contribution in [0.4, 0.5) is 0 Å². The number of likely N-dealkylation sites (tertiary alicyclic amines) is 1. The van der Waals surface area contributed by atoms with E-state index in [1.807, 2.05) is 72.7 Å². The minimum absolute atomic E-state index is 0.00685. The monoisotopic (exact) mass is 599 g/mol. The van der Waals surface area contributed by atoms with E-state index in [9.17, 15) is 4.79 Å². The fraction of sp³-hybridized carbons (Fsp3) is 0.308. The van der Waals surface area contributed by atoms with Crippen LogP contribution >= 0.6 is 33.9 Å². The Kier molecular flexibility index (Phi) is 6.73. The first-order valence-electron chi connectivity index (χ1n) is 11.5. The van der Waals surface area contributed by atoms with Crippen molar-refractivity contribution in [2.45, 2.75) is 44.7 Å². The largest absolute Gasteiger partial charge is 0.419 e. The van der Waals surface area contributed by atoms with Gasteiger partial charge in [0.15, 0.2) is 0 Å². The van der Waals surface area contributed by atoms with E-state index in [0.29, 0.717) is 29.3 Å². The number of carbonyl (C=O) groups is 1. The van der Waals surface area contributed by atoms with Crippen LogP contribution in [-0.2, 0) is 12.0 Å². The number of amides is 1. The summed E-state index contributed by atoms with van der Waals surface area (Å²) in [6, 6.07) is 15.7. The molecule has 2 atom stereocenters. The number of hydrogen-bond donors (Lipinski definition) is 1. The summed E-state index contributed by atoms with van der Waals surface area (Å²) in [7, 11) is 0. The summed E-state index contributed by atoms with van der Waals surface area (Å²) in [4.78, 5) is 20.1. The van der Waals surface area contributed by atoms with Gasteiger partial charge >= 0.3 is 0 Å². The van der Waals surface area contributed by atoms with Crippen molar-refractivity contribution in [3.63, 3.8) is 0 Å². The Bertz CT molecular complexity index is 1350. The first kappa shape index (κ1) is 24.1. The van der Waals surface area contributed by atoms with E-state index in [-0.39, 0.29) is 11.9 Å². The average molecular weight is 599 g/mol. The maximum Gasteiger partial charge on any atom is 0.254 e. The Morgan fingerprint density at radius 1 is 1.26 bits per heavy atom. The first-order chi connectivity index (χ1) is 16.8. The molecule has 1 unspecified atom stereocenters. The highest BCUT2D eigenvalue weighted by atomic mass is 127. The van der Waals surface area contributed by atoms with Crippen LogP contribution in [0.3, 0.4) is 0 Å². The summed E-state index contributed by atoms with van der Waals surface area (Å²) in [6.45, 7) is 4.59. The Balaban J connectivity index is 1.40. The number of aryl methyl sites for hydroxylation is 1. The molecule has 0 radical (unpaired) electrons. The molecule has 2 aromatic carbocycles. The normalized spacial score (nSPS) is 17.5. The van der Waals surface area contributed by atoms with E-state index in [4.69, 9.17) is 10.2 Å². The quantitative estimate of drug-likeness (QED) is 0.294. The topological polar surface area (TPSA) is 98.1 Å². The smallest absolute Gasteiger partial charge is 0.254 e. The molecular weight excluding hydrogens is 573 g/mol. The number of nitrogens with zero attached hydrogens (tertiary/aromatic N) is 4. The summed E-state index contributed by atoms with van der Waals surface area (Å²) in [5.41, 5.74) is 9.14. The molecule has 9 heteroatoms. The molecule has 3 heterocycles. The van der Waals surface area contributed by atoms with Gasteiger partial charge in [-0.2, -0.15) is 0 Å². The number of aromatic nitrogens is 3. The van der Waals surface area contributed by atoms with Crippen LogP contribution in [0.1, 0.15) is 58.3 Å². The summed E-state index contributed by atoms with van der Waals surface area (Å²) in [6.07, 6.45) is 2.46. The highest BCUT2D eigenvalue weighted by molar-refractivity contribution is 14.1. The molecule has 0 aliphatic carbocycles. The van der Waals surface area contributed by atoms with E-state index in [2.05, 4.69) is 37.8 Å². The lowest BCUT2D eigenvalue weighted by Gasteiger charge is -2.23. The van der Waals surface area contributed by atoms with Crippen LogP contribution in [0.5, 0.6) is 0 Å². The molecule has 1 aliphatic heterocycles. The molecule has 1 aliphatic rings. The van der Waals surface area contributed by atoms with Gasteiger partial charge in [0.05, 0.1) is 11.6 Å². The molecule has 0 bridgehead atoms. The number of hydrogen-bond acceptors (Lipinski definition) is 7. The number of benzene rings is 2. The fourth-order valence-corrected chi connectivity index (χ4v) is 6.07. The Labute approximate surface area is 221 Å². The van der Waals surface area contributed by atoms with Gasteiger partial charge in [-0.1, -0.05) is 30.3 Å². The van der Waals surface area contributed by atoms with Crippen LogP contribution in [0.2, 0.25) is 0 Å². The first-order valence-corrected chi connectivity index (χ1v) is 13.5. The average Bonchev–Trinajstić information content (AvgIpc) is 3.59. The Morgan fingerprint density at radius 3 is 2.80 bits per heavy atom. The molecule has 35 heavy (non-hydrogen) atoms. The fourth-order valence-electron chi connectivity index (χ4n) is 4.46. The van der Waals surface area contributed by atoms with Crippen molar-refractivity contribution >= 4 is 39.8 Å². The van der Waals surface area contributed by atoms with Crippen LogP contribution < -0.4 is 5.73 Å². The van der Waals surface area contributed by atoms with Crippen LogP contribution in [0.15, 0.2) is 58.3 Å². The van der Waals surface area contributed by atoms with Crippen molar-refractivity contribution in [3.8, 4) is 11.5 Å². The van der Waals surface area contributed by atoms with Gasteiger partial charge in [-0.15, -0.1) is 21.5 Å². The van der Waals surface area contributed by atoms with E-state index in [1.165, 1.54) is 0 Å². The maximum atomic E-state index is 13.6. The van der Waals surface area contributed by atoms with Gasteiger partial charge in [0.1, 0.15) is 5.01 Å². The second-order valence-corrected chi connectivity index (χ2v) is 11.3. The number of rotatable bonds is 6. The standard InChI is InChI=1S/C26H26IN5O2S/c1-16-15-35-23(29-16)21-9-6-10-32(21)24(33)19-11-18(12-20(27)13-19)22-30-31-25(34-22)26(2,28)14-17-7-4-3-5-8-17/h3-5,7-8,11-13,15,21H,6,9-10,14,28H2,1-2H3/t21-,26?/m1/s1. The van der Waals surface area contributed by atoms with Crippen molar-refractivity contribution in [1.29, 1.82) is 0 Å². The molecule has 7 nitrogen and oxygen atoms in total. The molecule has 5 rings (SSSR count). The number of thiazole rings is 1. The summed E-state index contributed by atoms with van der Waals surface area (Å²) in [5, 5.41) is 11.6. The van der Waals surface area contributed by atoms with E-state index in [0.717, 1.165) is 39.2 Å². The second-order valence-electron chi connectivity index (χ2n) is 9.20. The zero-order valence-electron chi connectivity index (χ0n) is 19.6. The van der Waals surface area contributed by atoms with Crippen LogP contribution in [0.25, 0.3) is 11.5 Å². The minimum Gasteiger partial charge on any atom is -0.419 e. The van der Waals surface area contributed by atoms with Gasteiger partial charge in [0.25, 0.3) is 5.91 Å². The third-order valence-electron chi connectivity index (χ3n) is 6.15. The highest BCUT2D eigenvalue weighted by Crippen LogP contribution is 2.35. The Morgan fingerprint density at radius 2 is 2.06 bits per heavy atom. The summed E-state index contributed by atoms with van der Waals surface area (Å²) in [5.74, 6) is 0.709.